The van der Waals surface area contributed by atoms with Crippen LogP contribution in [0.2, 0.25) is 0 Å². The summed E-state index contributed by atoms with van der Waals surface area (Å²) in [5, 5.41) is 16.2. The van der Waals surface area contributed by atoms with Gasteiger partial charge in [-0.1, -0.05) is 48.5 Å². The second-order valence-electron chi connectivity index (χ2n) is 7.46. The number of hydrogen-bond acceptors (Lipinski definition) is 5. The Kier molecular flexibility index (Phi) is 7.09. The Morgan fingerprint density at radius 2 is 1.50 bits per heavy atom. The molecule has 0 aromatic heterocycles. The summed E-state index contributed by atoms with van der Waals surface area (Å²) in [5.74, 6) is -2.70. The third kappa shape index (κ3) is 5.05. The van der Waals surface area contributed by atoms with Crippen LogP contribution < -0.4 is 16.0 Å². The number of alkyl carbamates (subject to hydrolysis) is 1. The molecule has 168 valence electrons. The van der Waals surface area contributed by atoms with Gasteiger partial charge in [-0.05, 0) is 29.2 Å². The van der Waals surface area contributed by atoms with Crippen molar-refractivity contribution in [2.75, 3.05) is 13.7 Å². The lowest BCUT2D eigenvalue weighted by Crippen LogP contribution is -2.53. The summed E-state index contributed by atoms with van der Waals surface area (Å²) in [5.41, 5.74) is 4.20. The van der Waals surface area contributed by atoms with E-state index in [0.717, 1.165) is 22.3 Å². The molecule has 9 nitrogen and oxygen atoms in total. The number of aliphatic carboxylic acids is 1. The lowest BCUT2D eigenvalue weighted by molar-refractivity contribution is -0.140. The van der Waals surface area contributed by atoms with E-state index in [-0.39, 0.29) is 12.5 Å². The number of ether oxygens (including phenoxy) is 1. The molecule has 3 rings (SSSR count). The first-order valence-electron chi connectivity index (χ1n) is 10.2. The summed E-state index contributed by atoms with van der Waals surface area (Å²) in [4.78, 5) is 47.6. The van der Waals surface area contributed by atoms with Gasteiger partial charge in [0.2, 0.25) is 11.8 Å². The van der Waals surface area contributed by atoms with Crippen LogP contribution in [-0.2, 0) is 19.1 Å². The molecule has 1 aliphatic carbocycles. The van der Waals surface area contributed by atoms with Crippen LogP contribution in [0.5, 0.6) is 0 Å². The average molecular weight is 439 g/mol. The molecule has 0 heterocycles. The van der Waals surface area contributed by atoms with Crippen LogP contribution in [0.25, 0.3) is 11.1 Å². The van der Waals surface area contributed by atoms with Gasteiger partial charge in [-0.25, -0.2) is 4.79 Å². The SMILES string of the molecule is CNC(=O)[C@H](C)NC(=O)C(CC(=O)O)NC(=O)OCC1c2ccccc2-c2ccccc21. The molecule has 1 aliphatic rings. The van der Waals surface area contributed by atoms with Gasteiger partial charge < -0.3 is 25.8 Å². The number of likely N-dealkylation sites (N-methyl/N-ethyl adjacent to an activating group) is 1. The number of carbonyl (C=O) groups is 4. The highest BCUT2D eigenvalue weighted by atomic mass is 16.5. The zero-order chi connectivity index (χ0) is 23.3. The fourth-order valence-corrected chi connectivity index (χ4v) is 3.76. The van der Waals surface area contributed by atoms with Crippen molar-refractivity contribution in [3.63, 3.8) is 0 Å². The Hall–Kier alpha value is -3.88. The zero-order valence-corrected chi connectivity index (χ0v) is 17.8. The van der Waals surface area contributed by atoms with Gasteiger partial charge in [0.1, 0.15) is 18.7 Å². The first-order valence-corrected chi connectivity index (χ1v) is 10.2. The number of rotatable bonds is 8. The van der Waals surface area contributed by atoms with E-state index >= 15 is 0 Å². The first kappa shape index (κ1) is 22.8. The summed E-state index contributed by atoms with van der Waals surface area (Å²) >= 11 is 0. The van der Waals surface area contributed by atoms with Crippen LogP contribution >= 0.6 is 0 Å². The third-order valence-electron chi connectivity index (χ3n) is 5.33. The molecule has 2 atom stereocenters. The molecule has 2 aromatic carbocycles. The van der Waals surface area contributed by atoms with E-state index in [1.165, 1.54) is 14.0 Å². The highest BCUT2D eigenvalue weighted by Crippen LogP contribution is 2.44. The monoisotopic (exact) mass is 439 g/mol. The van der Waals surface area contributed by atoms with Crippen molar-refractivity contribution in [1.82, 2.24) is 16.0 Å². The summed E-state index contributed by atoms with van der Waals surface area (Å²) in [6, 6.07) is 13.4. The number of nitrogens with one attached hydrogen (secondary N) is 3. The van der Waals surface area contributed by atoms with Gasteiger partial charge in [-0.2, -0.15) is 0 Å². The van der Waals surface area contributed by atoms with Crippen molar-refractivity contribution in [3.05, 3.63) is 59.7 Å². The largest absolute Gasteiger partial charge is 0.481 e. The number of amides is 3. The van der Waals surface area contributed by atoms with Crippen LogP contribution in [0.15, 0.2) is 48.5 Å². The van der Waals surface area contributed by atoms with Crippen LogP contribution in [0.1, 0.15) is 30.4 Å². The van der Waals surface area contributed by atoms with Crippen LogP contribution in [0.3, 0.4) is 0 Å². The molecule has 32 heavy (non-hydrogen) atoms. The molecule has 3 amide bonds. The molecular formula is C23H25N3O6. The van der Waals surface area contributed by atoms with E-state index < -0.39 is 42.4 Å². The van der Waals surface area contributed by atoms with Crippen LogP contribution in [0.4, 0.5) is 4.79 Å². The lowest BCUT2D eigenvalue weighted by atomic mass is 9.98. The molecule has 0 fully saturated rings. The molecule has 4 N–H and O–H groups in total. The minimum Gasteiger partial charge on any atom is -0.481 e. The second-order valence-corrected chi connectivity index (χ2v) is 7.46. The standard InChI is InChI=1S/C23H25N3O6/c1-13(21(29)24-2)25-22(30)19(11-20(27)28)26-23(31)32-12-18-16-9-5-3-7-14(16)15-8-4-6-10-17(15)18/h3-10,13,18-19H,11-12H2,1-2H3,(H,24,29)(H,25,30)(H,26,31)(H,27,28)/t13-,19?/m0/s1. The number of carboxylic acid groups (broad SMARTS) is 1. The summed E-state index contributed by atoms with van der Waals surface area (Å²) in [7, 11) is 1.41. The van der Waals surface area contributed by atoms with Gasteiger partial charge in [0.25, 0.3) is 0 Å². The molecular weight excluding hydrogens is 414 g/mol. The quantitative estimate of drug-likeness (QED) is 0.494. The van der Waals surface area contributed by atoms with Crippen LogP contribution in [-0.4, -0.2) is 54.7 Å². The highest BCUT2D eigenvalue weighted by Gasteiger charge is 2.30. The van der Waals surface area contributed by atoms with Gasteiger partial charge in [-0.3, -0.25) is 14.4 Å². The minimum atomic E-state index is -1.39. The van der Waals surface area contributed by atoms with Crippen molar-refractivity contribution in [3.8, 4) is 11.1 Å². The molecule has 0 spiro atoms. The van der Waals surface area contributed by atoms with Crippen molar-refractivity contribution in [2.24, 2.45) is 0 Å². The van der Waals surface area contributed by atoms with Gasteiger partial charge in [0, 0.05) is 13.0 Å². The fraction of sp³-hybridized carbons (Fsp3) is 0.304. The lowest BCUT2D eigenvalue weighted by Gasteiger charge is -2.20. The average Bonchev–Trinajstić information content (AvgIpc) is 3.10. The number of benzene rings is 2. The van der Waals surface area contributed by atoms with E-state index in [1.54, 1.807) is 0 Å². The number of carbonyl (C=O) groups excluding carboxylic acids is 3. The maximum absolute atomic E-state index is 12.4. The molecule has 0 bridgehead atoms. The Balaban J connectivity index is 1.66. The second kappa shape index (κ2) is 9.95. The summed E-state index contributed by atoms with van der Waals surface area (Å²) in [6.45, 7) is 1.47. The fourth-order valence-electron chi connectivity index (χ4n) is 3.76. The zero-order valence-electron chi connectivity index (χ0n) is 17.8. The number of hydrogen-bond donors (Lipinski definition) is 4. The van der Waals surface area contributed by atoms with Gasteiger partial charge in [0.15, 0.2) is 0 Å². The van der Waals surface area contributed by atoms with E-state index in [1.807, 2.05) is 48.5 Å². The van der Waals surface area contributed by atoms with E-state index in [2.05, 4.69) is 16.0 Å². The van der Waals surface area contributed by atoms with Crippen molar-refractivity contribution in [2.45, 2.75) is 31.3 Å². The summed E-state index contributed by atoms with van der Waals surface area (Å²) < 4.78 is 5.37. The van der Waals surface area contributed by atoms with Crippen molar-refractivity contribution < 1.29 is 29.0 Å². The maximum Gasteiger partial charge on any atom is 0.407 e. The van der Waals surface area contributed by atoms with Crippen molar-refractivity contribution >= 4 is 23.9 Å². The Morgan fingerprint density at radius 1 is 0.938 bits per heavy atom. The number of fused-ring (bicyclic) bond motifs is 3. The predicted molar refractivity (Wildman–Crippen MR) is 116 cm³/mol. The molecule has 1 unspecified atom stereocenters. The van der Waals surface area contributed by atoms with E-state index in [9.17, 15) is 19.2 Å². The smallest absolute Gasteiger partial charge is 0.407 e. The Morgan fingerprint density at radius 3 is 2.03 bits per heavy atom. The Labute approximate surface area is 185 Å². The molecule has 0 saturated carbocycles. The molecule has 9 heteroatoms. The van der Waals surface area contributed by atoms with Gasteiger partial charge >= 0.3 is 12.1 Å². The Bertz CT molecular complexity index is 992. The molecule has 0 saturated heterocycles. The molecule has 0 radical (unpaired) electrons. The van der Waals surface area contributed by atoms with Gasteiger partial charge in [-0.15, -0.1) is 0 Å². The van der Waals surface area contributed by atoms with Gasteiger partial charge in [0.05, 0.1) is 6.42 Å². The topological polar surface area (TPSA) is 134 Å². The predicted octanol–water partition coefficient (Wildman–Crippen LogP) is 1.62. The van der Waals surface area contributed by atoms with Crippen LogP contribution in [0, 0.1) is 0 Å². The normalized spacial score (nSPS) is 13.8. The van der Waals surface area contributed by atoms with E-state index in [4.69, 9.17) is 9.84 Å². The highest BCUT2D eigenvalue weighted by molar-refractivity contribution is 5.93. The summed E-state index contributed by atoms with van der Waals surface area (Å²) in [6.07, 6.45) is -1.57. The number of carboxylic acids is 1. The third-order valence-corrected chi connectivity index (χ3v) is 5.33. The molecule has 2 aromatic rings. The maximum atomic E-state index is 12.4. The molecule has 0 aliphatic heterocycles. The van der Waals surface area contributed by atoms with Crippen molar-refractivity contribution in [1.29, 1.82) is 0 Å². The first-order chi connectivity index (χ1) is 15.3. The van der Waals surface area contributed by atoms with E-state index in [0.29, 0.717) is 0 Å². The minimum absolute atomic E-state index is 0.0237.